The fraction of sp³-hybridized carbons (Fsp3) is 0.414. The van der Waals surface area contributed by atoms with E-state index in [2.05, 4.69) is 0 Å². The predicted molar refractivity (Wildman–Crippen MR) is 159 cm³/mol. The van der Waals surface area contributed by atoms with Crippen molar-refractivity contribution in [3.8, 4) is 11.8 Å². The van der Waals surface area contributed by atoms with Gasteiger partial charge in [-0.1, -0.05) is 36.1 Å². The number of hydrogen-bond acceptors (Lipinski definition) is 9. The number of ether oxygens (including phenoxy) is 2. The van der Waals surface area contributed by atoms with Crippen molar-refractivity contribution in [2.45, 2.75) is 33.1 Å². The molecule has 0 aliphatic carbocycles. The Morgan fingerprint density at radius 3 is 2.65 bits per heavy atom. The van der Waals surface area contributed by atoms with Gasteiger partial charge in [0.25, 0.3) is 11.5 Å². The zero-order valence-electron chi connectivity index (χ0n) is 23.1. The van der Waals surface area contributed by atoms with E-state index in [1.165, 1.54) is 16.3 Å². The summed E-state index contributed by atoms with van der Waals surface area (Å²) in [6, 6.07) is 9.70. The Kier molecular flexibility index (Phi) is 9.32. The van der Waals surface area contributed by atoms with Gasteiger partial charge in [-0.3, -0.25) is 23.9 Å². The number of aromatic nitrogens is 1. The first-order valence-corrected chi connectivity index (χ1v) is 14.4. The minimum atomic E-state index is -0.419. The minimum Gasteiger partial charge on any atom is -0.497 e. The van der Waals surface area contributed by atoms with Gasteiger partial charge >= 0.3 is 5.97 Å². The Morgan fingerprint density at radius 1 is 1.27 bits per heavy atom. The summed E-state index contributed by atoms with van der Waals surface area (Å²) < 4.78 is 12.4. The Hall–Kier alpha value is -3.62. The van der Waals surface area contributed by atoms with Crippen molar-refractivity contribution in [1.82, 2.24) is 9.47 Å². The number of esters is 1. The molecular weight excluding hydrogens is 548 g/mol. The minimum absolute atomic E-state index is 0.0198. The third-order valence-electron chi connectivity index (χ3n) is 7.24. The van der Waals surface area contributed by atoms with Crippen molar-refractivity contribution in [1.29, 1.82) is 5.26 Å². The molecule has 4 rings (SSSR count). The van der Waals surface area contributed by atoms with Gasteiger partial charge in [-0.15, -0.1) is 0 Å². The highest BCUT2D eigenvalue weighted by Crippen LogP contribution is 2.36. The molecule has 1 atom stereocenters. The lowest BCUT2D eigenvalue weighted by Gasteiger charge is -2.35. The first-order chi connectivity index (χ1) is 19.2. The highest BCUT2D eigenvalue weighted by atomic mass is 32.2. The maximum Gasteiger partial charge on any atom is 0.310 e. The summed E-state index contributed by atoms with van der Waals surface area (Å²) in [5.41, 5.74) is 1.74. The maximum absolute atomic E-state index is 13.5. The summed E-state index contributed by atoms with van der Waals surface area (Å²) in [6.07, 6.45) is 3.78. The van der Waals surface area contributed by atoms with Crippen molar-refractivity contribution in [2.75, 3.05) is 38.3 Å². The van der Waals surface area contributed by atoms with E-state index in [9.17, 15) is 19.6 Å². The molecule has 1 aromatic heterocycles. The van der Waals surface area contributed by atoms with Crippen LogP contribution in [0.4, 0.5) is 5.82 Å². The van der Waals surface area contributed by atoms with Crippen molar-refractivity contribution in [2.24, 2.45) is 13.0 Å². The maximum atomic E-state index is 13.5. The Bertz CT molecular complexity index is 1460. The molecule has 40 heavy (non-hydrogen) atoms. The second-order valence-electron chi connectivity index (χ2n) is 9.68. The van der Waals surface area contributed by atoms with Crippen molar-refractivity contribution >= 4 is 52.1 Å². The summed E-state index contributed by atoms with van der Waals surface area (Å²) in [5.74, 6) is 0.522. The molecule has 2 saturated heterocycles. The molecule has 0 radical (unpaired) electrons. The van der Waals surface area contributed by atoms with Crippen LogP contribution in [-0.4, -0.2) is 59.0 Å². The number of hydrogen-bond donors (Lipinski definition) is 0. The number of carbonyl (C=O) groups excluding carboxylic acids is 2. The van der Waals surface area contributed by atoms with Crippen LogP contribution in [0.1, 0.15) is 42.0 Å². The predicted octanol–water partition coefficient (Wildman–Crippen LogP) is 3.80. The molecule has 1 amide bonds. The van der Waals surface area contributed by atoms with E-state index in [-0.39, 0.29) is 23.4 Å². The van der Waals surface area contributed by atoms with Crippen LogP contribution in [0.2, 0.25) is 0 Å². The van der Waals surface area contributed by atoms with Crippen LogP contribution in [0.15, 0.2) is 34.0 Å². The zero-order valence-corrected chi connectivity index (χ0v) is 24.7. The van der Waals surface area contributed by atoms with Gasteiger partial charge in [-0.05, 0) is 62.4 Å². The number of nitriles is 1. The zero-order chi connectivity index (χ0) is 29.0. The largest absolute Gasteiger partial charge is 0.497 e. The molecule has 0 N–H and O–H groups in total. The highest BCUT2D eigenvalue weighted by molar-refractivity contribution is 8.26. The molecule has 2 fully saturated rings. The number of rotatable bonds is 8. The van der Waals surface area contributed by atoms with Crippen LogP contribution >= 0.6 is 24.0 Å². The first kappa shape index (κ1) is 29.4. The van der Waals surface area contributed by atoms with E-state index in [0.29, 0.717) is 65.3 Å². The molecule has 9 nitrogen and oxygen atoms in total. The summed E-state index contributed by atoms with van der Waals surface area (Å²) in [6.45, 7) is 5.21. The molecule has 1 unspecified atom stereocenters. The molecule has 3 heterocycles. The molecule has 11 heteroatoms. The molecule has 0 bridgehead atoms. The van der Waals surface area contributed by atoms with Crippen molar-refractivity contribution < 1.29 is 19.1 Å². The van der Waals surface area contributed by atoms with Crippen LogP contribution in [0, 0.1) is 24.2 Å². The van der Waals surface area contributed by atoms with E-state index >= 15 is 0 Å². The SMILES string of the molecule is CCOC(=O)C1CCCN(c2c(C=C3SC(=S)N(CCc4ccc(OC)cc4)C3=O)c(C)c(C#N)c(=O)n2C)C1. The molecule has 2 aromatic rings. The third-order valence-corrected chi connectivity index (χ3v) is 8.62. The topological polar surface area (TPSA) is 105 Å². The lowest BCUT2D eigenvalue weighted by atomic mass is 9.96. The number of benzene rings is 1. The number of methoxy groups -OCH3 is 1. The average molecular weight is 581 g/mol. The van der Waals surface area contributed by atoms with Gasteiger partial charge in [0.1, 0.15) is 27.5 Å². The molecule has 1 aromatic carbocycles. The Labute approximate surface area is 243 Å². The summed E-state index contributed by atoms with van der Waals surface area (Å²) >= 11 is 6.76. The second-order valence-corrected chi connectivity index (χ2v) is 11.4. The van der Waals surface area contributed by atoms with Gasteiger partial charge in [0, 0.05) is 32.2 Å². The fourth-order valence-electron chi connectivity index (χ4n) is 5.07. The lowest BCUT2D eigenvalue weighted by molar-refractivity contribution is -0.148. The van der Waals surface area contributed by atoms with Gasteiger partial charge in [0.05, 0.1) is 24.5 Å². The normalized spacial score (nSPS) is 18.3. The van der Waals surface area contributed by atoms with Crippen LogP contribution in [0.3, 0.4) is 0 Å². The van der Waals surface area contributed by atoms with Gasteiger partial charge in [0.2, 0.25) is 0 Å². The summed E-state index contributed by atoms with van der Waals surface area (Å²) in [7, 11) is 3.23. The van der Waals surface area contributed by atoms with E-state index in [1.807, 2.05) is 35.2 Å². The quantitative estimate of drug-likeness (QED) is 0.262. The lowest BCUT2D eigenvalue weighted by Crippen LogP contribution is -2.42. The number of anilines is 1. The average Bonchev–Trinajstić information content (AvgIpc) is 3.22. The number of thioether (sulfide) groups is 1. The number of amides is 1. The second kappa shape index (κ2) is 12.7. The molecule has 2 aliphatic heterocycles. The smallest absolute Gasteiger partial charge is 0.310 e. The summed E-state index contributed by atoms with van der Waals surface area (Å²) in [4.78, 5) is 43.1. The van der Waals surface area contributed by atoms with Gasteiger partial charge in [-0.25, -0.2) is 0 Å². The first-order valence-electron chi connectivity index (χ1n) is 13.1. The summed E-state index contributed by atoms with van der Waals surface area (Å²) in [5, 5.41) is 9.76. The standard InChI is InChI=1S/C29H32N4O5S2/c1-5-38-28(36)20-7-6-13-32(17-20)25-22(18(2)23(16-30)26(34)31(25)3)15-24-27(35)33(29(39)40-24)14-12-19-8-10-21(37-4)11-9-19/h8-11,15,20H,5-7,12-14,17H2,1-4H3. The number of nitrogens with zero attached hydrogens (tertiary/aromatic N) is 4. The van der Waals surface area contributed by atoms with Crippen molar-refractivity contribution in [3.05, 3.63) is 61.8 Å². The van der Waals surface area contributed by atoms with E-state index in [0.717, 1.165) is 17.7 Å². The third kappa shape index (κ3) is 5.93. The van der Waals surface area contributed by atoms with Crippen molar-refractivity contribution in [3.63, 3.8) is 0 Å². The Morgan fingerprint density at radius 2 is 2.00 bits per heavy atom. The molecule has 0 spiro atoms. The number of pyridine rings is 1. The number of carbonyl (C=O) groups is 2. The monoisotopic (exact) mass is 580 g/mol. The van der Waals surface area contributed by atoms with Gasteiger partial charge in [-0.2, -0.15) is 5.26 Å². The molecule has 0 saturated carbocycles. The highest BCUT2D eigenvalue weighted by Gasteiger charge is 2.34. The van der Waals surface area contributed by atoms with Gasteiger partial charge < -0.3 is 14.4 Å². The van der Waals surface area contributed by atoms with E-state index < -0.39 is 5.56 Å². The molecular formula is C29H32N4O5S2. The number of piperidine rings is 1. The van der Waals surface area contributed by atoms with E-state index in [1.54, 1.807) is 39.0 Å². The Balaban J connectivity index is 1.67. The number of thiocarbonyl (C=S) groups is 1. The van der Waals surface area contributed by atoms with Crippen LogP contribution in [0.25, 0.3) is 6.08 Å². The van der Waals surface area contributed by atoms with E-state index in [4.69, 9.17) is 21.7 Å². The van der Waals surface area contributed by atoms with Crippen LogP contribution < -0.4 is 15.2 Å². The molecule has 210 valence electrons. The van der Waals surface area contributed by atoms with Crippen LogP contribution in [0.5, 0.6) is 5.75 Å². The van der Waals surface area contributed by atoms with Gasteiger partial charge in [0.15, 0.2) is 0 Å². The fourth-order valence-corrected chi connectivity index (χ4v) is 6.36. The molecule has 2 aliphatic rings. The van der Waals surface area contributed by atoms with Crippen LogP contribution in [-0.2, 0) is 27.8 Å².